The zero-order chi connectivity index (χ0) is 16.2. The average molecular weight is 325 g/mol. The van der Waals surface area contributed by atoms with Crippen molar-refractivity contribution in [1.29, 1.82) is 0 Å². The lowest BCUT2D eigenvalue weighted by atomic mass is 10.1. The minimum absolute atomic E-state index is 0.226. The second-order valence-corrected chi connectivity index (χ2v) is 5.27. The molecule has 0 saturated heterocycles. The third kappa shape index (κ3) is 3.49. The molecule has 0 unspecified atom stereocenters. The van der Waals surface area contributed by atoms with E-state index in [-0.39, 0.29) is 16.5 Å². The summed E-state index contributed by atoms with van der Waals surface area (Å²) >= 11 is 6.06. The van der Waals surface area contributed by atoms with Crippen LogP contribution in [0.15, 0.2) is 66.9 Å². The minimum Gasteiger partial charge on any atom is -0.438 e. The summed E-state index contributed by atoms with van der Waals surface area (Å²) in [6.07, 6.45) is 1.34. The van der Waals surface area contributed by atoms with Crippen molar-refractivity contribution in [1.82, 2.24) is 4.98 Å². The molecule has 114 valence electrons. The maximum atomic E-state index is 11.1. The number of rotatable bonds is 4. The Morgan fingerprint density at radius 2 is 1.65 bits per heavy atom. The van der Waals surface area contributed by atoms with E-state index in [1.54, 1.807) is 0 Å². The van der Waals surface area contributed by atoms with E-state index in [9.17, 15) is 4.79 Å². The van der Waals surface area contributed by atoms with Crippen LogP contribution in [0.2, 0.25) is 5.02 Å². The van der Waals surface area contributed by atoms with Gasteiger partial charge in [-0.15, -0.1) is 0 Å². The van der Waals surface area contributed by atoms with Gasteiger partial charge in [0, 0.05) is 6.20 Å². The van der Waals surface area contributed by atoms with Crippen LogP contribution in [0.3, 0.4) is 0 Å². The number of halogens is 1. The van der Waals surface area contributed by atoms with Crippen LogP contribution in [-0.4, -0.2) is 10.9 Å². The number of nitrogens with two attached hydrogens (primary N) is 1. The van der Waals surface area contributed by atoms with E-state index in [0.29, 0.717) is 5.75 Å². The van der Waals surface area contributed by atoms with Gasteiger partial charge >= 0.3 is 0 Å². The standard InChI is InChI=1S/C18H13ClN2O2/c19-16-10-14(17(20)22)11-21-18(16)23-15-8-6-13(7-9-15)12-4-2-1-3-5-12/h1-11H,(H2,20,22). The first-order valence-corrected chi connectivity index (χ1v) is 7.30. The molecule has 5 heteroatoms. The fourth-order valence-electron chi connectivity index (χ4n) is 2.09. The van der Waals surface area contributed by atoms with E-state index in [0.717, 1.165) is 11.1 Å². The Bertz CT molecular complexity index is 833. The van der Waals surface area contributed by atoms with Gasteiger partial charge in [0.25, 0.3) is 0 Å². The highest BCUT2D eigenvalue weighted by atomic mass is 35.5. The van der Waals surface area contributed by atoms with Crippen LogP contribution in [-0.2, 0) is 0 Å². The lowest BCUT2D eigenvalue weighted by Crippen LogP contribution is -2.11. The molecule has 1 heterocycles. The molecule has 0 fully saturated rings. The molecule has 4 nitrogen and oxygen atoms in total. The average Bonchev–Trinajstić information content (AvgIpc) is 2.58. The topological polar surface area (TPSA) is 65.2 Å². The summed E-state index contributed by atoms with van der Waals surface area (Å²) in [5.74, 6) is 0.244. The Kier molecular flexibility index (Phi) is 4.26. The Labute approximate surface area is 138 Å². The molecule has 0 bridgehead atoms. The summed E-state index contributed by atoms with van der Waals surface area (Å²) in [4.78, 5) is 15.1. The number of hydrogen-bond donors (Lipinski definition) is 1. The lowest BCUT2D eigenvalue weighted by Gasteiger charge is -2.08. The van der Waals surface area contributed by atoms with Crippen LogP contribution in [0, 0.1) is 0 Å². The zero-order valence-electron chi connectivity index (χ0n) is 12.1. The van der Waals surface area contributed by atoms with Gasteiger partial charge in [-0.25, -0.2) is 4.98 Å². The second kappa shape index (κ2) is 6.50. The number of aromatic nitrogens is 1. The number of ether oxygens (including phenoxy) is 1. The van der Waals surface area contributed by atoms with Crippen molar-refractivity contribution in [2.75, 3.05) is 0 Å². The smallest absolute Gasteiger partial charge is 0.250 e. The molecule has 2 aromatic carbocycles. The molecule has 0 radical (unpaired) electrons. The number of carbonyl (C=O) groups excluding carboxylic acids is 1. The van der Waals surface area contributed by atoms with Gasteiger partial charge < -0.3 is 10.5 Å². The number of hydrogen-bond acceptors (Lipinski definition) is 3. The van der Waals surface area contributed by atoms with E-state index >= 15 is 0 Å². The van der Waals surface area contributed by atoms with Crippen LogP contribution in [0.4, 0.5) is 0 Å². The molecule has 23 heavy (non-hydrogen) atoms. The molecule has 1 amide bonds. The molecule has 2 N–H and O–H groups in total. The molecule has 0 saturated carbocycles. The molecular formula is C18H13ClN2O2. The highest BCUT2D eigenvalue weighted by molar-refractivity contribution is 6.32. The number of carbonyl (C=O) groups is 1. The monoisotopic (exact) mass is 324 g/mol. The Morgan fingerprint density at radius 3 is 2.26 bits per heavy atom. The predicted molar refractivity (Wildman–Crippen MR) is 89.7 cm³/mol. The van der Waals surface area contributed by atoms with Crippen molar-refractivity contribution >= 4 is 17.5 Å². The molecule has 3 rings (SSSR count). The van der Waals surface area contributed by atoms with Crippen molar-refractivity contribution in [2.24, 2.45) is 5.73 Å². The normalized spacial score (nSPS) is 10.3. The Hall–Kier alpha value is -2.85. The maximum Gasteiger partial charge on any atom is 0.250 e. The van der Waals surface area contributed by atoms with Crippen LogP contribution >= 0.6 is 11.6 Å². The van der Waals surface area contributed by atoms with Gasteiger partial charge in [-0.05, 0) is 29.3 Å². The third-order valence-corrected chi connectivity index (χ3v) is 3.54. The van der Waals surface area contributed by atoms with Gasteiger partial charge in [0.15, 0.2) is 0 Å². The summed E-state index contributed by atoms with van der Waals surface area (Å²) < 4.78 is 5.64. The van der Waals surface area contributed by atoms with E-state index in [1.165, 1.54) is 12.3 Å². The highest BCUT2D eigenvalue weighted by Gasteiger charge is 2.09. The van der Waals surface area contributed by atoms with E-state index in [2.05, 4.69) is 4.98 Å². The summed E-state index contributed by atoms with van der Waals surface area (Å²) in [7, 11) is 0. The first kappa shape index (κ1) is 15.1. The number of primary amides is 1. The SMILES string of the molecule is NC(=O)c1cnc(Oc2ccc(-c3ccccc3)cc2)c(Cl)c1. The number of benzene rings is 2. The quantitative estimate of drug-likeness (QED) is 0.778. The molecule has 0 atom stereocenters. The van der Waals surface area contributed by atoms with Crippen molar-refractivity contribution in [3.63, 3.8) is 0 Å². The van der Waals surface area contributed by atoms with E-state index in [4.69, 9.17) is 22.1 Å². The summed E-state index contributed by atoms with van der Waals surface area (Å²) in [5.41, 5.74) is 7.63. The van der Waals surface area contributed by atoms with Crippen molar-refractivity contribution < 1.29 is 9.53 Å². The maximum absolute atomic E-state index is 11.1. The molecule has 3 aromatic rings. The van der Waals surface area contributed by atoms with Gasteiger partial charge in [0.05, 0.1) is 5.56 Å². The Balaban J connectivity index is 1.80. The van der Waals surface area contributed by atoms with Gasteiger partial charge in [-0.1, -0.05) is 54.1 Å². The van der Waals surface area contributed by atoms with Gasteiger partial charge in [-0.3, -0.25) is 4.79 Å². The first-order chi connectivity index (χ1) is 11.1. The predicted octanol–water partition coefficient (Wildman–Crippen LogP) is 4.29. The van der Waals surface area contributed by atoms with E-state index in [1.807, 2.05) is 54.6 Å². The highest BCUT2D eigenvalue weighted by Crippen LogP contribution is 2.29. The molecule has 0 aliphatic heterocycles. The van der Waals surface area contributed by atoms with Gasteiger partial charge in [0.1, 0.15) is 10.8 Å². The third-order valence-electron chi connectivity index (χ3n) is 3.27. The zero-order valence-corrected chi connectivity index (χ0v) is 12.8. The van der Waals surface area contributed by atoms with Crippen molar-refractivity contribution in [2.45, 2.75) is 0 Å². The van der Waals surface area contributed by atoms with Gasteiger partial charge in [-0.2, -0.15) is 0 Å². The minimum atomic E-state index is -0.585. The van der Waals surface area contributed by atoms with Crippen LogP contribution in [0.1, 0.15) is 10.4 Å². The summed E-state index contributed by atoms with van der Waals surface area (Å²) in [6.45, 7) is 0. The Morgan fingerprint density at radius 1 is 1.00 bits per heavy atom. The van der Waals surface area contributed by atoms with Crippen LogP contribution < -0.4 is 10.5 Å². The van der Waals surface area contributed by atoms with Crippen LogP contribution in [0.5, 0.6) is 11.6 Å². The molecule has 0 aliphatic carbocycles. The van der Waals surface area contributed by atoms with E-state index < -0.39 is 5.91 Å². The largest absolute Gasteiger partial charge is 0.438 e. The molecular weight excluding hydrogens is 312 g/mol. The molecule has 0 spiro atoms. The number of nitrogens with zero attached hydrogens (tertiary/aromatic N) is 1. The summed E-state index contributed by atoms with van der Waals surface area (Å²) in [5, 5.41) is 0.230. The fourth-order valence-corrected chi connectivity index (χ4v) is 2.30. The first-order valence-electron chi connectivity index (χ1n) is 6.92. The van der Waals surface area contributed by atoms with Crippen molar-refractivity contribution in [3.8, 4) is 22.8 Å². The number of pyridine rings is 1. The second-order valence-electron chi connectivity index (χ2n) is 4.87. The lowest BCUT2D eigenvalue weighted by molar-refractivity contribution is 0.1000. The van der Waals surface area contributed by atoms with Gasteiger partial charge in [0.2, 0.25) is 11.8 Å². The van der Waals surface area contributed by atoms with Crippen LogP contribution in [0.25, 0.3) is 11.1 Å². The number of amides is 1. The summed E-state index contributed by atoms with van der Waals surface area (Å²) in [6, 6.07) is 19.0. The van der Waals surface area contributed by atoms with Crippen molar-refractivity contribution in [3.05, 3.63) is 77.4 Å². The molecule has 0 aliphatic rings. The fraction of sp³-hybridized carbons (Fsp3) is 0. The molecule has 1 aromatic heterocycles.